The van der Waals surface area contributed by atoms with Crippen LogP contribution in [0.15, 0.2) is 22.3 Å². The van der Waals surface area contributed by atoms with Gasteiger partial charge in [0, 0.05) is 24.3 Å². The first-order chi connectivity index (χ1) is 7.23. The van der Waals surface area contributed by atoms with Crippen LogP contribution in [0.4, 0.5) is 0 Å². The zero-order chi connectivity index (χ0) is 11.1. The van der Waals surface area contributed by atoms with Crippen molar-refractivity contribution in [1.29, 1.82) is 0 Å². The Morgan fingerprint density at radius 3 is 2.87 bits per heavy atom. The van der Waals surface area contributed by atoms with Crippen molar-refractivity contribution in [3.8, 4) is 0 Å². The number of unbranched alkanes of at least 4 members (excludes halogenated alkanes) is 1. The Hall–Kier alpha value is -0.920. The van der Waals surface area contributed by atoms with E-state index in [4.69, 9.17) is 0 Å². The van der Waals surface area contributed by atoms with Gasteiger partial charge in [0.2, 0.25) is 0 Å². The van der Waals surface area contributed by atoms with E-state index >= 15 is 0 Å². The highest BCUT2D eigenvalue weighted by molar-refractivity contribution is 5.94. The summed E-state index contributed by atoms with van der Waals surface area (Å²) in [6.45, 7) is 6.73. The van der Waals surface area contributed by atoms with E-state index in [1.165, 1.54) is 19.3 Å². The van der Waals surface area contributed by atoms with Crippen molar-refractivity contribution in [3.05, 3.63) is 12.3 Å². The second-order valence-corrected chi connectivity index (χ2v) is 4.40. The molecule has 0 N–H and O–H groups in total. The average molecular weight is 206 g/mol. The molecule has 0 radical (unpaired) electrons. The van der Waals surface area contributed by atoms with E-state index in [9.17, 15) is 0 Å². The van der Waals surface area contributed by atoms with Gasteiger partial charge in [-0.3, -0.25) is 0 Å². The number of amidine groups is 1. The van der Waals surface area contributed by atoms with Gasteiger partial charge in [-0.1, -0.05) is 39.7 Å². The van der Waals surface area contributed by atoms with Gasteiger partial charge in [0.05, 0.1) is 0 Å². The summed E-state index contributed by atoms with van der Waals surface area (Å²) in [5.74, 6) is 1.01. The molecule has 1 atom stereocenters. The predicted molar refractivity (Wildman–Crippen MR) is 67.6 cm³/mol. The van der Waals surface area contributed by atoms with Crippen LogP contribution in [0.3, 0.4) is 0 Å². The monoisotopic (exact) mass is 206 g/mol. The van der Waals surface area contributed by atoms with Crippen LogP contribution in [0.25, 0.3) is 0 Å². The molecule has 84 valence electrons. The molecular formula is C13H22N2. The molecule has 1 aliphatic heterocycles. The van der Waals surface area contributed by atoms with Crippen molar-refractivity contribution in [3.63, 3.8) is 0 Å². The van der Waals surface area contributed by atoms with Gasteiger partial charge in [-0.15, -0.1) is 0 Å². The fourth-order valence-electron chi connectivity index (χ4n) is 1.74. The van der Waals surface area contributed by atoms with E-state index in [0.717, 1.165) is 18.7 Å². The zero-order valence-electron chi connectivity index (χ0n) is 10.2. The van der Waals surface area contributed by atoms with Gasteiger partial charge in [0.15, 0.2) is 0 Å². The lowest BCUT2D eigenvalue weighted by atomic mass is 9.81. The van der Waals surface area contributed by atoms with Gasteiger partial charge in [0.25, 0.3) is 0 Å². The summed E-state index contributed by atoms with van der Waals surface area (Å²) in [5, 5.41) is 0. The summed E-state index contributed by atoms with van der Waals surface area (Å²) in [6, 6.07) is 0. The Morgan fingerprint density at radius 1 is 1.40 bits per heavy atom. The number of rotatable bonds is 5. The SMILES string of the molecule is CCCC[C@](C)(CC)C1=NC=CCC=N1. The van der Waals surface area contributed by atoms with Crippen molar-refractivity contribution in [2.75, 3.05) is 0 Å². The minimum atomic E-state index is 0.154. The third-order valence-corrected chi connectivity index (χ3v) is 3.16. The Morgan fingerprint density at radius 2 is 2.20 bits per heavy atom. The van der Waals surface area contributed by atoms with Crippen LogP contribution in [0, 0.1) is 5.41 Å². The molecule has 0 aromatic heterocycles. The van der Waals surface area contributed by atoms with E-state index in [-0.39, 0.29) is 5.41 Å². The second-order valence-electron chi connectivity index (χ2n) is 4.40. The molecule has 0 aromatic rings. The van der Waals surface area contributed by atoms with Crippen LogP contribution in [0.1, 0.15) is 52.9 Å². The van der Waals surface area contributed by atoms with Crippen LogP contribution in [-0.2, 0) is 0 Å². The molecule has 1 aliphatic rings. The maximum atomic E-state index is 4.48. The maximum Gasteiger partial charge on any atom is 0.133 e. The summed E-state index contributed by atoms with van der Waals surface area (Å²) >= 11 is 0. The van der Waals surface area contributed by atoms with Crippen LogP contribution in [0.2, 0.25) is 0 Å². The molecule has 1 rings (SSSR count). The van der Waals surface area contributed by atoms with E-state index in [1.807, 2.05) is 18.5 Å². The number of nitrogens with zero attached hydrogens (tertiary/aromatic N) is 2. The van der Waals surface area contributed by atoms with Crippen molar-refractivity contribution < 1.29 is 0 Å². The van der Waals surface area contributed by atoms with Gasteiger partial charge in [-0.25, -0.2) is 9.98 Å². The molecule has 1 heterocycles. The van der Waals surface area contributed by atoms with Crippen molar-refractivity contribution in [2.45, 2.75) is 52.9 Å². The third-order valence-electron chi connectivity index (χ3n) is 3.16. The van der Waals surface area contributed by atoms with Crippen LogP contribution < -0.4 is 0 Å². The van der Waals surface area contributed by atoms with E-state index in [2.05, 4.69) is 30.8 Å². The third kappa shape index (κ3) is 3.29. The Balaban J connectivity index is 2.79. The molecule has 0 saturated carbocycles. The first-order valence-corrected chi connectivity index (χ1v) is 5.98. The minimum Gasteiger partial charge on any atom is -0.245 e. The zero-order valence-corrected chi connectivity index (χ0v) is 10.2. The average Bonchev–Trinajstić information content (AvgIpc) is 2.54. The Kier molecular flexibility index (Phi) is 4.73. The largest absolute Gasteiger partial charge is 0.245 e. The normalized spacial score (nSPS) is 19.5. The number of allylic oxidation sites excluding steroid dienone is 1. The quantitative estimate of drug-likeness (QED) is 0.650. The highest BCUT2D eigenvalue weighted by Gasteiger charge is 2.27. The standard InChI is InChI=1S/C13H22N2/c1-4-6-9-13(3,5-2)12-14-10-7-8-11-15-12/h7,10-11H,4-6,8-9H2,1-3H3/t13-/m0/s1. The summed E-state index contributed by atoms with van der Waals surface area (Å²) in [5.41, 5.74) is 0.154. The van der Waals surface area contributed by atoms with Gasteiger partial charge in [-0.05, 0) is 12.8 Å². The van der Waals surface area contributed by atoms with Crippen LogP contribution in [-0.4, -0.2) is 12.1 Å². The number of hydrogen-bond acceptors (Lipinski definition) is 2. The van der Waals surface area contributed by atoms with E-state index in [1.54, 1.807) is 0 Å². The first-order valence-electron chi connectivity index (χ1n) is 5.98. The number of hydrogen-bond donors (Lipinski definition) is 0. The van der Waals surface area contributed by atoms with Crippen LogP contribution >= 0.6 is 0 Å². The molecule has 0 amide bonds. The summed E-state index contributed by atoms with van der Waals surface area (Å²) < 4.78 is 0. The summed E-state index contributed by atoms with van der Waals surface area (Å²) in [7, 11) is 0. The molecule has 15 heavy (non-hydrogen) atoms. The molecule has 2 heteroatoms. The molecule has 0 saturated heterocycles. The molecule has 0 bridgehead atoms. The first kappa shape index (κ1) is 12.2. The second kappa shape index (κ2) is 5.84. The molecule has 0 aliphatic carbocycles. The molecular weight excluding hydrogens is 184 g/mol. The minimum absolute atomic E-state index is 0.154. The van der Waals surface area contributed by atoms with Crippen molar-refractivity contribution in [1.82, 2.24) is 0 Å². The number of aliphatic imine (C=N–C) groups is 2. The lowest BCUT2D eigenvalue weighted by molar-refractivity contribution is 0.394. The van der Waals surface area contributed by atoms with Gasteiger partial charge in [-0.2, -0.15) is 0 Å². The van der Waals surface area contributed by atoms with Crippen molar-refractivity contribution >= 4 is 12.1 Å². The smallest absolute Gasteiger partial charge is 0.133 e. The fraction of sp³-hybridized carbons (Fsp3) is 0.692. The van der Waals surface area contributed by atoms with E-state index in [0.29, 0.717) is 0 Å². The fourth-order valence-corrected chi connectivity index (χ4v) is 1.74. The highest BCUT2D eigenvalue weighted by atomic mass is 14.9. The summed E-state index contributed by atoms with van der Waals surface area (Å²) in [4.78, 5) is 8.94. The van der Waals surface area contributed by atoms with Crippen LogP contribution in [0.5, 0.6) is 0 Å². The molecule has 0 aromatic carbocycles. The maximum absolute atomic E-state index is 4.48. The highest BCUT2D eigenvalue weighted by Crippen LogP contribution is 2.31. The van der Waals surface area contributed by atoms with E-state index < -0.39 is 0 Å². The predicted octanol–water partition coefficient (Wildman–Crippen LogP) is 3.98. The molecule has 0 fully saturated rings. The van der Waals surface area contributed by atoms with Gasteiger partial charge >= 0.3 is 0 Å². The lowest BCUT2D eigenvalue weighted by Crippen LogP contribution is -2.25. The Labute approximate surface area is 93.2 Å². The van der Waals surface area contributed by atoms with Crippen molar-refractivity contribution in [2.24, 2.45) is 15.4 Å². The Bertz CT molecular complexity index is 276. The van der Waals surface area contributed by atoms with Gasteiger partial charge < -0.3 is 0 Å². The summed E-state index contributed by atoms with van der Waals surface area (Å²) in [6.07, 6.45) is 11.6. The van der Waals surface area contributed by atoms with Gasteiger partial charge in [0.1, 0.15) is 5.84 Å². The molecule has 0 unspecified atom stereocenters. The molecule has 0 spiro atoms. The lowest BCUT2D eigenvalue weighted by Gasteiger charge is -2.27. The topological polar surface area (TPSA) is 24.7 Å². The molecule has 2 nitrogen and oxygen atoms in total.